The predicted octanol–water partition coefficient (Wildman–Crippen LogP) is 2.57. The number of nitrogens with two attached hydrogens (primary N) is 1. The van der Waals surface area contributed by atoms with Gasteiger partial charge < -0.3 is 10.5 Å². The van der Waals surface area contributed by atoms with Crippen molar-refractivity contribution in [2.45, 2.75) is 37.9 Å². The van der Waals surface area contributed by atoms with E-state index in [4.69, 9.17) is 10.5 Å². The highest BCUT2D eigenvalue weighted by Gasteiger charge is 2.36. The fourth-order valence-corrected chi connectivity index (χ4v) is 4.73. The molecule has 0 aromatic carbocycles. The first-order valence-corrected chi connectivity index (χ1v) is 9.72. The largest absolute Gasteiger partial charge is 0.382 e. The second kappa shape index (κ2) is 7.06. The first kappa shape index (κ1) is 15.9. The minimum Gasteiger partial charge on any atom is -0.382 e. The molecule has 8 heteroatoms. The monoisotopic (exact) mass is 339 g/mol. The molecule has 0 unspecified atom stereocenters. The van der Waals surface area contributed by atoms with Gasteiger partial charge in [-0.15, -0.1) is 0 Å². The molecule has 1 fully saturated rings. The van der Waals surface area contributed by atoms with Crippen molar-refractivity contribution in [3.05, 3.63) is 12.7 Å². The number of rotatable bonds is 6. The summed E-state index contributed by atoms with van der Waals surface area (Å²) in [5.74, 6) is 3.67. The van der Waals surface area contributed by atoms with Gasteiger partial charge in [-0.3, -0.25) is 4.57 Å². The molecule has 2 aromatic rings. The van der Waals surface area contributed by atoms with Crippen LogP contribution in [0, 0.1) is 0 Å². The van der Waals surface area contributed by atoms with Crippen LogP contribution in [0.4, 0.5) is 5.82 Å². The molecular weight excluding hydrogens is 318 g/mol. The Morgan fingerprint density at radius 3 is 2.95 bits per heavy atom. The van der Waals surface area contributed by atoms with E-state index in [1.807, 2.05) is 28.1 Å². The predicted molar refractivity (Wildman–Crippen MR) is 93.2 cm³/mol. The minimum absolute atomic E-state index is 0.0224. The Labute approximate surface area is 138 Å². The third kappa shape index (κ3) is 3.04. The SMILES string of the molecule is CCSC[C@@H]1O[C@@H](n2cnc3c(N)ncnc32)C[C@@H]1SCC. The number of thioether (sulfide) groups is 2. The highest BCUT2D eigenvalue weighted by atomic mass is 32.2. The van der Waals surface area contributed by atoms with Crippen LogP contribution in [0.2, 0.25) is 0 Å². The van der Waals surface area contributed by atoms with Crippen molar-refractivity contribution < 1.29 is 4.74 Å². The average Bonchev–Trinajstić information content (AvgIpc) is 3.10. The summed E-state index contributed by atoms with van der Waals surface area (Å²) in [5, 5.41) is 0.519. The van der Waals surface area contributed by atoms with Crippen LogP contribution in [-0.2, 0) is 4.74 Å². The zero-order chi connectivity index (χ0) is 15.5. The van der Waals surface area contributed by atoms with Gasteiger partial charge in [0.2, 0.25) is 0 Å². The molecule has 3 rings (SSSR count). The van der Waals surface area contributed by atoms with Crippen molar-refractivity contribution in [3.8, 4) is 0 Å². The zero-order valence-electron chi connectivity index (χ0n) is 12.8. The van der Waals surface area contributed by atoms with Gasteiger partial charge in [-0.05, 0) is 11.5 Å². The molecule has 0 amide bonds. The van der Waals surface area contributed by atoms with Crippen LogP contribution in [-0.4, -0.2) is 48.1 Å². The summed E-state index contributed by atoms with van der Waals surface area (Å²) in [6.45, 7) is 4.38. The third-order valence-electron chi connectivity index (χ3n) is 3.74. The molecule has 120 valence electrons. The molecule has 0 spiro atoms. The van der Waals surface area contributed by atoms with Crippen LogP contribution in [0.25, 0.3) is 11.2 Å². The Kier molecular flexibility index (Phi) is 5.10. The molecule has 22 heavy (non-hydrogen) atoms. The topological polar surface area (TPSA) is 78.9 Å². The Balaban J connectivity index is 1.83. The van der Waals surface area contributed by atoms with Gasteiger partial charge in [0.15, 0.2) is 11.5 Å². The van der Waals surface area contributed by atoms with Gasteiger partial charge in [-0.2, -0.15) is 23.5 Å². The third-order valence-corrected chi connectivity index (χ3v) is 5.97. The lowest BCUT2D eigenvalue weighted by molar-refractivity contribution is 0.0159. The lowest BCUT2D eigenvalue weighted by Crippen LogP contribution is -2.21. The van der Waals surface area contributed by atoms with Gasteiger partial charge in [0.1, 0.15) is 18.1 Å². The number of hydrogen-bond acceptors (Lipinski definition) is 7. The molecule has 2 N–H and O–H groups in total. The highest BCUT2D eigenvalue weighted by Crippen LogP contribution is 2.38. The van der Waals surface area contributed by atoms with Crippen LogP contribution in [0.15, 0.2) is 12.7 Å². The first-order chi connectivity index (χ1) is 10.7. The number of hydrogen-bond donors (Lipinski definition) is 1. The molecule has 1 aliphatic rings. The fourth-order valence-electron chi connectivity index (χ4n) is 2.73. The van der Waals surface area contributed by atoms with Gasteiger partial charge in [-0.25, -0.2) is 15.0 Å². The number of imidazole rings is 1. The quantitative estimate of drug-likeness (QED) is 0.866. The molecule has 1 saturated heterocycles. The van der Waals surface area contributed by atoms with Crippen molar-refractivity contribution >= 4 is 40.5 Å². The fraction of sp³-hybridized carbons (Fsp3) is 0.643. The van der Waals surface area contributed by atoms with Gasteiger partial charge in [0, 0.05) is 17.4 Å². The van der Waals surface area contributed by atoms with Crippen molar-refractivity contribution in [1.29, 1.82) is 0 Å². The second-order valence-electron chi connectivity index (χ2n) is 5.10. The molecule has 3 atom stereocenters. The molecule has 6 nitrogen and oxygen atoms in total. The average molecular weight is 339 g/mol. The van der Waals surface area contributed by atoms with Crippen molar-refractivity contribution in [2.75, 3.05) is 23.0 Å². The molecule has 3 heterocycles. The number of nitrogens with zero attached hydrogens (tertiary/aromatic N) is 4. The van der Waals surface area contributed by atoms with Crippen molar-refractivity contribution in [2.24, 2.45) is 0 Å². The maximum atomic E-state index is 6.30. The van der Waals surface area contributed by atoms with Gasteiger partial charge in [0.25, 0.3) is 0 Å². The van der Waals surface area contributed by atoms with E-state index in [-0.39, 0.29) is 12.3 Å². The Morgan fingerprint density at radius 1 is 1.32 bits per heavy atom. The van der Waals surface area contributed by atoms with Crippen LogP contribution in [0.5, 0.6) is 0 Å². The zero-order valence-corrected chi connectivity index (χ0v) is 14.4. The van der Waals surface area contributed by atoms with Gasteiger partial charge >= 0.3 is 0 Å². The molecule has 0 aliphatic carbocycles. The van der Waals surface area contributed by atoms with E-state index < -0.39 is 0 Å². The Bertz CT molecular complexity index is 635. The van der Waals surface area contributed by atoms with Crippen LogP contribution >= 0.6 is 23.5 Å². The van der Waals surface area contributed by atoms with E-state index in [0.29, 0.717) is 16.6 Å². The number of aromatic nitrogens is 4. The highest BCUT2D eigenvalue weighted by molar-refractivity contribution is 8.00. The van der Waals surface area contributed by atoms with E-state index in [1.54, 1.807) is 6.33 Å². The molecular formula is C14H21N5OS2. The van der Waals surface area contributed by atoms with Crippen LogP contribution in [0.3, 0.4) is 0 Å². The van der Waals surface area contributed by atoms with E-state index in [9.17, 15) is 0 Å². The molecule has 0 bridgehead atoms. The van der Waals surface area contributed by atoms with Gasteiger partial charge in [0.05, 0.1) is 12.4 Å². The standard InChI is InChI=1S/C14H21N5OS2/c1-3-21-6-9-10(22-4-2)5-11(20-9)19-8-18-12-13(15)16-7-17-14(12)19/h7-11H,3-6H2,1-2H3,(H2,15,16,17)/t9-,10-,11+/m0/s1. The second-order valence-corrected chi connectivity index (χ2v) is 7.94. The van der Waals surface area contributed by atoms with E-state index >= 15 is 0 Å². The lowest BCUT2D eigenvalue weighted by Gasteiger charge is -2.17. The maximum Gasteiger partial charge on any atom is 0.167 e. The number of fused-ring (bicyclic) bond motifs is 1. The summed E-state index contributed by atoms with van der Waals surface area (Å²) in [6, 6.07) is 0. The summed E-state index contributed by atoms with van der Waals surface area (Å²) in [6.07, 6.45) is 4.47. The van der Waals surface area contributed by atoms with Crippen molar-refractivity contribution in [1.82, 2.24) is 19.5 Å². The molecule has 2 aromatic heterocycles. The van der Waals surface area contributed by atoms with Gasteiger partial charge in [-0.1, -0.05) is 13.8 Å². The van der Waals surface area contributed by atoms with E-state index in [0.717, 1.165) is 29.3 Å². The molecule has 1 aliphatic heterocycles. The summed E-state index contributed by atoms with van der Waals surface area (Å²) in [5.41, 5.74) is 7.26. The van der Waals surface area contributed by atoms with Crippen LogP contribution in [0.1, 0.15) is 26.5 Å². The summed E-state index contributed by atoms with van der Waals surface area (Å²) < 4.78 is 8.29. The summed E-state index contributed by atoms with van der Waals surface area (Å²) in [7, 11) is 0. The first-order valence-electron chi connectivity index (χ1n) is 7.52. The Hall–Kier alpha value is -0.990. The molecule has 0 saturated carbocycles. The lowest BCUT2D eigenvalue weighted by atomic mass is 10.2. The Morgan fingerprint density at radius 2 is 2.18 bits per heavy atom. The van der Waals surface area contributed by atoms with E-state index in [2.05, 4.69) is 28.8 Å². The normalized spacial score (nSPS) is 25.1. The number of anilines is 1. The summed E-state index contributed by atoms with van der Waals surface area (Å²) >= 11 is 3.91. The van der Waals surface area contributed by atoms with Crippen LogP contribution < -0.4 is 5.73 Å². The minimum atomic E-state index is -0.0224. The van der Waals surface area contributed by atoms with Crippen molar-refractivity contribution in [3.63, 3.8) is 0 Å². The summed E-state index contributed by atoms with van der Waals surface area (Å²) in [4.78, 5) is 12.7. The number of ether oxygens (including phenoxy) is 1. The number of nitrogen functional groups attached to an aromatic ring is 1. The van der Waals surface area contributed by atoms with E-state index in [1.165, 1.54) is 6.33 Å². The maximum absolute atomic E-state index is 6.30. The smallest absolute Gasteiger partial charge is 0.167 e. The molecule has 0 radical (unpaired) electrons.